The molecule has 4 nitrogen and oxygen atoms in total. The Labute approximate surface area is 196 Å². The Bertz CT molecular complexity index is 1160. The van der Waals surface area contributed by atoms with Crippen LogP contribution in [0.15, 0.2) is 66.7 Å². The van der Waals surface area contributed by atoms with E-state index in [0.29, 0.717) is 29.7 Å². The van der Waals surface area contributed by atoms with Crippen LogP contribution in [-0.4, -0.2) is 28.7 Å². The average Bonchev–Trinajstić information content (AvgIpc) is 2.79. The van der Waals surface area contributed by atoms with E-state index in [-0.39, 0.29) is 12.5 Å². The minimum atomic E-state index is -1.04. The molecule has 0 aliphatic carbocycles. The largest absolute Gasteiger partial charge is 0.438 e. The molecule has 0 saturated carbocycles. The fourth-order valence-electron chi connectivity index (χ4n) is 4.56. The number of aliphatic hydroxyl groups excluding tert-OH is 1. The molecule has 178 valence electrons. The zero-order valence-electron chi connectivity index (χ0n) is 19.0. The Morgan fingerprint density at radius 3 is 2.21 bits per heavy atom. The first-order valence-electron chi connectivity index (χ1n) is 11.2. The van der Waals surface area contributed by atoms with Crippen molar-refractivity contribution in [1.29, 1.82) is 0 Å². The fraction of sp³-hybridized carbons (Fsp3) is 0.296. The summed E-state index contributed by atoms with van der Waals surface area (Å²) in [5.41, 5.74) is 1.32. The van der Waals surface area contributed by atoms with Crippen LogP contribution in [0.5, 0.6) is 0 Å². The summed E-state index contributed by atoms with van der Waals surface area (Å²) < 4.78 is 46.7. The molecule has 1 amide bonds. The van der Waals surface area contributed by atoms with Gasteiger partial charge in [-0.25, -0.2) is 18.0 Å². The summed E-state index contributed by atoms with van der Waals surface area (Å²) in [6.07, 6.45) is -0.623. The first kappa shape index (κ1) is 23.8. The lowest BCUT2D eigenvalue weighted by molar-refractivity contribution is -0.0815. The number of aliphatic hydroxyl groups is 1. The molecule has 0 spiro atoms. The smallest absolute Gasteiger partial charge is 0.411 e. The zero-order valence-corrected chi connectivity index (χ0v) is 19.0. The van der Waals surface area contributed by atoms with Crippen molar-refractivity contribution in [1.82, 2.24) is 4.90 Å². The highest BCUT2D eigenvalue weighted by molar-refractivity contribution is 5.70. The first-order valence-corrected chi connectivity index (χ1v) is 11.2. The third-order valence-electron chi connectivity index (χ3n) is 6.37. The van der Waals surface area contributed by atoms with Gasteiger partial charge in [0.25, 0.3) is 0 Å². The maximum absolute atomic E-state index is 14.1. The maximum Gasteiger partial charge on any atom is 0.411 e. The Hall–Kier alpha value is -3.32. The topological polar surface area (TPSA) is 49.8 Å². The van der Waals surface area contributed by atoms with Crippen LogP contribution in [0, 0.1) is 17.5 Å². The van der Waals surface area contributed by atoms with Gasteiger partial charge in [-0.05, 0) is 54.8 Å². The molecule has 7 heteroatoms. The van der Waals surface area contributed by atoms with Crippen LogP contribution in [0.3, 0.4) is 0 Å². The standard InChI is InChI=1S/C27H26F3NO3/c1-17(32)16-27(21-7-9-22(28)10-8-21)13-14-31(26(33)34-27)18(2)19-3-5-20(6-4-19)24-12-11-23(29)15-25(24)30/h3-12,15,17-18,32H,13-14,16H2,1-2H3/t17?,18-,27-/m0/s1. The molecule has 34 heavy (non-hydrogen) atoms. The molecule has 1 aliphatic rings. The van der Waals surface area contributed by atoms with Gasteiger partial charge in [0, 0.05) is 31.0 Å². The van der Waals surface area contributed by atoms with Crippen LogP contribution >= 0.6 is 0 Å². The monoisotopic (exact) mass is 469 g/mol. The van der Waals surface area contributed by atoms with E-state index >= 15 is 0 Å². The van der Waals surface area contributed by atoms with Crippen molar-refractivity contribution < 1.29 is 27.8 Å². The van der Waals surface area contributed by atoms with Crippen molar-refractivity contribution in [3.8, 4) is 11.1 Å². The Morgan fingerprint density at radius 1 is 0.971 bits per heavy atom. The van der Waals surface area contributed by atoms with Crippen LogP contribution in [0.4, 0.5) is 18.0 Å². The SMILES string of the molecule is CC(O)C[C@]1(c2ccc(F)cc2)CCN([C@@H](C)c2ccc(-c3ccc(F)cc3F)cc2)C(=O)O1. The molecule has 0 radical (unpaired) electrons. The third kappa shape index (κ3) is 4.80. The second-order valence-corrected chi connectivity index (χ2v) is 8.79. The number of cyclic esters (lactones) is 1. The molecule has 1 fully saturated rings. The second-order valence-electron chi connectivity index (χ2n) is 8.79. The average molecular weight is 470 g/mol. The van der Waals surface area contributed by atoms with Crippen molar-refractivity contribution >= 4 is 6.09 Å². The Kier molecular flexibility index (Phi) is 6.66. The van der Waals surface area contributed by atoms with E-state index in [4.69, 9.17) is 4.74 Å². The van der Waals surface area contributed by atoms with Crippen LogP contribution in [0.1, 0.15) is 43.9 Å². The van der Waals surface area contributed by atoms with E-state index in [1.165, 1.54) is 24.3 Å². The fourth-order valence-corrected chi connectivity index (χ4v) is 4.56. The van der Waals surface area contributed by atoms with Gasteiger partial charge >= 0.3 is 6.09 Å². The second kappa shape index (κ2) is 9.50. The molecule has 3 aromatic rings. The van der Waals surface area contributed by atoms with Gasteiger partial charge in [-0.3, -0.25) is 0 Å². The van der Waals surface area contributed by atoms with Crippen LogP contribution < -0.4 is 0 Å². The van der Waals surface area contributed by atoms with E-state index < -0.39 is 35.2 Å². The molecule has 3 aromatic carbocycles. The van der Waals surface area contributed by atoms with Gasteiger partial charge in [0.05, 0.1) is 12.1 Å². The van der Waals surface area contributed by atoms with Gasteiger partial charge in [0.2, 0.25) is 0 Å². The van der Waals surface area contributed by atoms with Crippen LogP contribution in [0.25, 0.3) is 11.1 Å². The van der Waals surface area contributed by atoms with Crippen molar-refractivity contribution in [3.05, 3.63) is 95.3 Å². The minimum Gasteiger partial charge on any atom is -0.438 e. The highest BCUT2D eigenvalue weighted by Crippen LogP contribution is 2.40. The van der Waals surface area contributed by atoms with Crippen molar-refractivity contribution in [2.24, 2.45) is 0 Å². The summed E-state index contributed by atoms with van der Waals surface area (Å²) in [5, 5.41) is 10.1. The number of carbonyl (C=O) groups excluding carboxylic acids is 1. The van der Waals surface area contributed by atoms with E-state index in [2.05, 4.69) is 0 Å². The lowest BCUT2D eigenvalue weighted by Crippen LogP contribution is -2.49. The molecule has 3 atom stereocenters. The number of amides is 1. The first-order chi connectivity index (χ1) is 16.2. The zero-order chi connectivity index (χ0) is 24.5. The molecule has 0 bridgehead atoms. The number of carbonyl (C=O) groups is 1. The van der Waals surface area contributed by atoms with Crippen LogP contribution in [-0.2, 0) is 10.3 Å². The number of halogens is 3. The summed E-state index contributed by atoms with van der Waals surface area (Å²) in [5.74, 6) is -1.67. The number of ether oxygens (including phenoxy) is 1. The van der Waals surface area contributed by atoms with E-state index in [1.807, 2.05) is 6.92 Å². The number of hydrogen-bond donors (Lipinski definition) is 1. The van der Waals surface area contributed by atoms with Gasteiger partial charge in [-0.1, -0.05) is 36.4 Å². The highest BCUT2D eigenvalue weighted by Gasteiger charge is 2.44. The normalized spacial score (nSPS) is 20.1. The van der Waals surface area contributed by atoms with Gasteiger partial charge in [-0.15, -0.1) is 0 Å². The number of benzene rings is 3. The summed E-state index contributed by atoms with van der Waals surface area (Å²) in [4.78, 5) is 14.7. The highest BCUT2D eigenvalue weighted by atomic mass is 19.1. The summed E-state index contributed by atoms with van der Waals surface area (Å²) in [6.45, 7) is 3.87. The quantitative estimate of drug-likeness (QED) is 0.458. The number of rotatable bonds is 6. The van der Waals surface area contributed by atoms with Gasteiger partial charge in [0.15, 0.2) is 0 Å². The summed E-state index contributed by atoms with van der Waals surface area (Å²) in [6, 6.07) is 16.0. The Morgan fingerprint density at radius 2 is 1.62 bits per heavy atom. The molecule has 4 rings (SSSR count). The summed E-state index contributed by atoms with van der Waals surface area (Å²) in [7, 11) is 0. The summed E-state index contributed by atoms with van der Waals surface area (Å²) >= 11 is 0. The molecule has 1 unspecified atom stereocenters. The molecule has 1 aliphatic heterocycles. The van der Waals surface area contributed by atoms with Crippen LogP contribution in [0.2, 0.25) is 0 Å². The number of hydrogen-bond acceptors (Lipinski definition) is 3. The molecule has 1 heterocycles. The van der Waals surface area contributed by atoms with E-state index in [9.17, 15) is 23.1 Å². The molecule has 1 saturated heterocycles. The maximum atomic E-state index is 14.1. The number of nitrogens with zero attached hydrogens (tertiary/aromatic N) is 1. The van der Waals surface area contributed by atoms with Gasteiger partial charge in [0.1, 0.15) is 23.1 Å². The van der Waals surface area contributed by atoms with E-state index in [1.54, 1.807) is 48.2 Å². The molecular formula is C27H26F3NO3. The minimum absolute atomic E-state index is 0.199. The predicted molar refractivity (Wildman–Crippen MR) is 122 cm³/mol. The third-order valence-corrected chi connectivity index (χ3v) is 6.37. The molecule has 0 aromatic heterocycles. The van der Waals surface area contributed by atoms with Crippen molar-refractivity contribution in [2.45, 2.75) is 44.4 Å². The lowest BCUT2D eigenvalue weighted by atomic mass is 9.83. The van der Waals surface area contributed by atoms with Gasteiger partial charge in [-0.2, -0.15) is 0 Å². The van der Waals surface area contributed by atoms with Crippen molar-refractivity contribution in [3.63, 3.8) is 0 Å². The predicted octanol–water partition coefficient (Wildman–Crippen LogP) is 6.34. The van der Waals surface area contributed by atoms with Gasteiger partial charge < -0.3 is 14.7 Å². The molecule has 1 N–H and O–H groups in total. The molecular weight excluding hydrogens is 443 g/mol. The Balaban J connectivity index is 1.53. The van der Waals surface area contributed by atoms with Crippen molar-refractivity contribution in [2.75, 3.05) is 6.54 Å². The van der Waals surface area contributed by atoms with E-state index in [0.717, 1.165) is 11.6 Å². The lowest BCUT2D eigenvalue weighted by Gasteiger charge is -2.44.